The second kappa shape index (κ2) is 9.37. The highest BCUT2D eigenvalue weighted by molar-refractivity contribution is 5.90. The lowest BCUT2D eigenvalue weighted by Gasteiger charge is -2.13. The lowest BCUT2D eigenvalue weighted by atomic mass is 10.2. The van der Waals surface area contributed by atoms with E-state index in [0.29, 0.717) is 52.7 Å². The number of fused-ring (bicyclic) bond motifs is 2. The first-order valence-corrected chi connectivity index (χ1v) is 12.1. The Morgan fingerprint density at radius 2 is 1.89 bits per heavy atom. The summed E-state index contributed by atoms with van der Waals surface area (Å²) in [7, 11) is 0. The zero-order chi connectivity index (χ0) is 24.5. The zero-order valence-corrected chi connectivity index (χ0v) is 19.6. The highest BCUT2D eigenvalue weighted by atomic mass is 16.7. The second-order valence-electron chi connectivity index (χ2n) is 9.00. The molecule has 1 fully saturated rings. The summed E-state index contributed by atoms with van der Waals surface area (Å²) < 4.78 is 18.4. The fourth-order valence-electron chi connectivity index (χ4n) is 4.40. The van der Waals surface area contributed by atoms with Crippen LogP contribution in [0.2, 0.25) is 0 Å². The number of anilines is 1. The molecular formula is C28H25N3O5. The number of benzene rings is 3. The first kappa shape index (κ1) is 22.2. The number of carbonyl (C=O) groups is 1. The zero-order valence-electron chi connectivity index (χ0n) is 19.6. The molecule has 0 saturated heterocycles. The van der Waals surface area contributed by atoms with Crippen LogP contribution in [-0.2, 0) is 17.8 Å². The number of para-hydroxylation sites is 1. The summed E-state index contributed by atoms with van der Waals surface area (Å²) >= 11 is 0. The minimum atomic E-state index is -0.131. The van der Waals surface area contributed by atoms with E-state index in [2.05, 4.69) is 5.32 Å². The van der Waals surface area contributed by atoms with E-state index < -0.39 is 0 Å². The highest BCUT2D eigenvalue weighted by Crippen LogP contribution is 2.36. The lowest BCUT2D eigenvalue weighted by molar-refractivity contribution is -0.116. The van der Waals surface area contributed by atoms with Crippen molar-refractivity contribution >= 4 is 22.5 Å². The number of aryl methyl sites for hydroxylation is 1. The van der Waals surface area contributed by atoms with E-state index in [1.165, 1.54) is 0 Å². The van der Waals surface area contributed by atoms with Gasteiger partial charge in [0.05, 0.1) is 10.9 Å². The van der Waals surface area contributed by atoms with Crippen LogP contribution in [0.15, 0.2) is 71.5 Å². The molecule has 2 aliphatic rings. The van der Waals surface area contributed by atoms with Crippen LogP contribution in [0.4, 0.5) is 5.69 Å². The van der Waals surface area contributed by atoms with E-state index in [1.54, 1.807) is 10.6 Å². The van der Waals surface area contributed by atoms with Crippen molar-refractivity contribution in [3.8, 4) is 17.2 Å². The molecule has 2 heterocycles. The number of amides is 1. The molecule has 182 valence electrons. The minimum absolute atomic E-state index is 0.0198. The van der Waals surface area contributed by atoms with Gasteiger partial charge in [0.2, 0.25) is 12.7 Å². The van der Waals surface area contributed by atoms with Gasteiger partial charge < -0.3 is 19.5 Å². The fourth-order valence-corrected chi connectivity index (χ4v) is 4.40. The third-order valence-corrected chi connectivity index (χ3v) is 6.33. The molecule has 8 nitrogen and oxygen atoms in total. The Balaban J connectivity index is 1.10. The first-order chi connectivity index (χ1) is 17.6. The normalized spacial score (nSPS) is 14.1. The Kier molecular flexibility index (Phi) is 5.77. The van der Waals surface area contributed by atoms with Gasteiger partial charge in [-0.15, -0.1) is 0 Å². The van der Waals surface area contributed by atoms with Gasteiger partial charge in [-0.3, -0.25) is 14.2 Å². The van der Waals surface area contributed by atoms with Crippen molar-refractivity contribution < 1.29 is 19.0 Å². The molecular weight excluding hydrogens is 458 g/mol. The quantitative estimate of drug-likeness (QED) is 0.394. The number of ether oxygens (including phenoxy) is 3. The number of carbonyl (C=O) groups excluding carboxylic acids is 1. The van der Waals surface area contributed by atoms with Gasteiger partial charge in [0.25, 0.3) is 5.56 Å². The Hall–Kier alpha value is -4.33. The molecule has 0 spiro atoms. The average molecular weight is 484 g/mol. The first-order valence-electron chi connectivity index (χ1n) is 12.1. The predicted octanol–water partition coefficient (Wildman–Crippen LogP) is 4.61. The van der Waals surface area contributed by atoms with E-state index in [-0.39, 0.29) is 30.7 Å². The number of nitrogens with one attached hydrogen (secondary N) is 1. The maximum Gasteiger partial charge on any atom is 0.261 e. The van der Waals surface area contributed by atoms with E-state index in [9.17, 15) is 9.59 Å². The summed E-state index contributed by atoms with van der Waals surface area (Å²) in [5.74, 6) is 2.59. The molecule has 6 rings (SSSR count). The average Bonchev–Trinajstić information content (AvgIpc) is 3.62. The SMILES string of the molecule is O=C(CCc1nc2ccccc2c(=O)n1C1CC1)Nc1cccc(COc2ccc3c(c2)OCO3)c1. The van der Waals surface area contributed by atoms with Crippen LogP contribution in [0.25, 0.3) is 10.9 Å². The largest absolute Gasteiger partial charge is 0.489 e. The van der Waals surface area contributed by atoms with Gasteiger partial charge in [0, 0.05) is 30.6 Å². The van der Waals surface area contributed by atoms with Crippen LogP contribution in [0, 0.1) is 0 Å². The molecule has 1 aliphatic carbocycles. The van der Waals surface area contributed by atoms with Crippen LogP contribution in [0.1, 0.15) is 36.7 Å². The van der Waals surface area contributed by atoms with Crippen LogP contribution in [0.3, 0.4) is 0 Å². The Labute approximate surface area is 207 Å². The molecule has 1 amide bonds. The van der Waals surface area contributed by atoms with Crippen LogP contribution in [0.5, 0.6) is 17.2 Å². The van der Waals surface area contributed by atoms with Crippen molar-refractivity contribution in [1.82, 2.24) is 9.55 Å². The van der Waals surface area contributed by atoms with Crippen LogP contribution < -0.4 is 25.1 Å². The van der Waals surface area contributed by atoms with Crippen molar-refractivity contribution in [3.05, 3.63) is 88.5 Å². The highest BCUT2D eigenvalue weighted by Gasteiger charge is 2.28. The number of hydrogen-bond donors (Lipinski definition) is 1. The molecule has 1 saturated carbocycles. The van der Waals surface area contributed by atoms with E-state index in [1.807, 2.05) is 60.7 Å². The maximum atomic E-state index is 13.0. The molecule has 0 atom stereocenters. The molecule has 0 bridgehead atoms. The summed E-state index contributed by atoms with van der Waals surface area (Å²) in [6.07, 6.45) is 2.57. The van der Waals surface area contributed by atoms with Gasteiger partial charge in [0.15, 0.2) is 11.5 Å². The molecule has 3 aromatic carbocycles. The van der Waals surface area contributed by atoms with Crippen LogP contribution in [-0.4, -0.2) is 22.3 Å². The van der Waals surface area contributed by atoms with Gasteiger partial charge in [-0.2, -0.15) is 0 Å². The third kappa shape index (κ3) is 4.62. The van der Waals surface area contributed by atoms with E-state index >= 15 is 0 Å². The van der Waals surface area contributed by atoms with Crippen molar-refractivity contribution in [2.45, 2.75) is 38.3 Å². The number of rotatable bonds is 8. The Bertz CT molecular complexity index is 1510. The number of nitrogens with zero attached hydrogens (tertiary/aromatic N) is 2. The molecule has 1 N–H and O–H groups in total. The molecule has 8 heteroatoms. The van der Waals surface area contributed by atoms with Crippen molar-refractivity contribution in [1.29, 1.82) is 0 Å². The van der Waals surface area contributed by atoms with Gasteiger partial charge in [-0.1, -0.05) is 24.3 Å². The van der Waals surface area contributed by atoms with Crippen LogP contribution >= 0.6 is 0 Å². The second-order valence-corrected chi connectivity index (χ2v) is 9.00. The standard InChI is InChI=1S/C28H25N3O5/c32-27(13-12-26-30-23-7-2-1-6-22(23)28(33)31(26)20-8-9-20)29-19-5-3-4-18(14-19)16-34-21-10-11-24-25(15-21)36-17-35-24/h1-7,10-11,14-15,20H,8-9,12-13,16-17H2,(H,29,32). The van der Waals surface area contributed by atoms with Crippen molar-refractivity contribution in [2.75, 3.05) is 12.1 Å². The summed E-state index contributed by atoms with van der Waals surface area (Å²) in [5, 5.41) is 3.58. The molecule has 0 radical (unpaired) electrons. The van der Waals surface area contributed by atoms with Gasteiger partial charge >= 0.3 is 0 Å². The fraction of sp³-hybridized carbons (Fsp3) is 0.250. The maximum absolute atomic E-state index is 13.0. The molecule has 4 aromatic rings. The smallest absolute Gasteiger partial charge is 0.261 e. The van der Waals surface area contributed by atoms with Gasteiger partial charge in [0.1, 0.15) is 18.2 Å². The summed E-state index contributed by atoms with van der Waals surface area (Å²) in [6.45, 7) is 0.564. The summed E-state index contributed by atoms with van der Waals surface area (Å²) in [6, 6.07) is 20.6. The predicted molar refractivity (Wildman–Crippen MR) is 135 cm³/mol. The van der Waals surface area contributed by atoms with Gasteiger partial charge in [-0.05, 0) is 54.8 Å². The lowest BCUT2D eigenvalue weighted by Crippen LogP contribution is -2.25. The molecule has 1 aliphatic heterocycles. The number of hydrogen-bond acceptors (Lipinski definition) is 6. The third-order valence-electron chi connectivity index (χ3n) is 6.33. The Morgan fingerprint density at radius 1 is 1.03 bits per heavy atom. The Morgan fingerprint density at radius 3 is 2.78 bits per heavy atom. The van der Waals surface area contributed by atoms with E-state index in [4.69, 9.17) is 19.2 Å². The minimum Gasteiger partial charge on any atom is -0.489 e. The van der Waals surface area contributed by atoms with E-state index in [0.717, 1.165) is 18.4 Å². The number of aromatic nitrogens is 2. The molecule has 1 aromatic heterocycles. The summed E-state index contributed by atoms with van der Waals surface area (Å²) in [5.41, 5.74) is 2.26. The molecule has 36 heavy (non-hydrogen) atoms. The summed E-state index contributed by atoms with van der Waals surface area (Å²) in [4.78, 5) is 30.5. The molecule has 0 unspecified atom stereocenters. The monoisotopic (exact) mass is 483 g/mol. The van der Waals surface area contributed by atoms with Gasteiger partial charge in [-0.25, -0.2) is 4.98 Å². The topological polar surface area (TPSA) is 91.7 Å². The van der Waals surface area contributed by atoms with Crippen molar-refractivity contribution in [3.63, 3.8) is 0 Å². The van der Waals surface area contributed by atoms with Crippen molar-refractivity contribution in [2.24, 2.45) is 0 Å².